The van der Waals surface area contributed by atoms with Crippen molar-refractivity contribution in [2.24, 2.45) is 7.05 Å². The number of aryl methyl sites for hydroxylation is 1. The van der Waals surface area contributed by atoms with Gasteiger partial charge in [0.05, 0.1) is 17.3 Å². The Bertz CT molecular complexity index is 734. The highest BCUT2D eigenvalue weighted by molar-refractivity contribution is 5.94. The van der Waals surface area contributed by atoms with E-state index in [0.29, 0.717) is 5.69 Å². The number of likely N-dealkylation sites (tertiary alicyclic amines) is 1. The summed E-state index contributed by atoms with van der Waals surface area (Å²) in [6, 6.07) is 11.7. The van der Waals surface area contributed by atoms with Gasteiger partial charge in [0.15, 0.2) is 0 Å². The number of aromatic nitrogens is 2. The molecule has 0 bridgehead atoms. The summed E-state index contributed by atoms with van der Waals surface area (Å²) in [4.78, 5) is 14.8. The molecular weight excluding hydrogens is 290 g/mol. The molecule has 4 rings (SSSR count). The van der Waals surface area contributed by atoms with E-state index in [4.69, 9.17) is 0 Å². The first-order chi connectivity index (χ1) is 11.1. The fourth-order valence-corrected chi connectivity index (χ4v) is 3.59. The first-order valence-corrected chi connectivity index (χ1v) is 8.21. The van der Waals surface area contributed by atoms with Gasteiger partial charge in [0.25, 0.3) is 5.91 Å². The lowest BCUT2D eigenvalue weighted by molar-refractivity contribution is 0.0379. The van der Waals surface area contributed by atoms with Crippen LogP contribution in [0.4, 0.5) is 0 Å². The third kappa shape index (κ3) is 2.45. The van der Waals surface area contributed by atoms with Gasteiger partial charge < -0.3 is 10.0 Å². The van der Waals surface area contributed by atoms with Gasteiger partial charge in [-0.2, -0.15) is 5.10 Å². The van der Waals surface area contributed by atoms with Crippen molar-refractivity contribution >= 4 is 5.91 Å². The number of carbonyl (C=O) groups excluding carboxylic acids is 1. The normalized spacial score (nSPS) is 22.3. The van der Waals surface area contributed by atoms with Crippen LogP contribution in [0.2, 0.25) is 0 Å². The summed E-state index contributed by atoms with van der Waals surface area (Å²) in [6.07, 6.45) is 3.47. The number of aliphatic hydroxyl groups is 1. The van der Waals surface area contributed by atoms with E-state index in [2.05, 4.69) is 5.10 Å². The minimum Gasteiger partial charge on any atom is -0.388 e. The highest BCUT2D eigenvalue weighted by Crippen LogP contribution is 2.45. The summed E-state index contributed by atoms with van der Waals surface area (Å²) in [5, 5.41) is 14.9. The van der Waals surface area contributed by atoms with Crippen molar-refractivity contribution in [1.29, 1.82) is 0 Å². The Morgan fingerprint density at radius 2 is 2.04 bits per heavy atom. The summed E-state index contributed by atoms with van der Waals surface area (Å²) < 4.78 is 1.65. The minimum absolute atomic E-state index is 0.0231. The molecule has 2 aliphatic rings. The third-order valence-electron chi connectivity index (χ3n) is 5.06. The van der Waals surface area contributed by atoms with Gasteiger partial charge in [-0.15, -0.1) is 0 Å². The van der Waals surface area contributed by atoms with Crippen LogP contribution in [0, 0.1) is 0 Å². The first kappa shape index (κ1) is 14.5. The van der Waals surface area contributed by atoms with Gasteiger partial charge in [-0.3, -0.25) is 9.48 Å². The predicted octanol–water partition coefficient (Wildman–Crippen LogP) is 2.22. The smallest absolute Gasteiger partial charge is 0.272 e. The maximum Gasteiger partial charge on any atom is 0.272 e. The SMILES string of the molecule is Cn1nc(-c2ccccc2)cc1C(=O)N1CCCC1C1(O)CC1. The van der Waals surface area contributed by atoms with Crippen molar-refractivity contribution in [2.45, 2.75) is 37.3 Å². The lowest BCUT2D eigenvalue weighted by Gasteiger charge is -2.28. The molecule has 1 amide bonds. The van der Waals surface area contributed by atoms with E-state index >= 15 is 0 Å². The topological polar surface area (TPSA) is 58.4 Å². The van der Waals surface area contributed by atoms with Crippen LogP contribution in [0.15, 0.2) is 36.4 Å². The molecule has 2 heterocycles. The molecule has 2 fully saturated rings. The van der Waals surface area contributed by atoms with E-state index in [0.717, 1.165) is 43.5 Å². The van der Waals surface area contributed by atoms with Gasteiger partial charge in [-0.1, -0.05) is 30.3 Å². The van der Waals surface area contributed by atoms with Crippen molar-refractivity contribution in [3.63, 3.8) is 0 Å². The minimum atomic E-state index is -0.646. The average Bonchev–Trinajstić information content (AvgIpc) is 3.01. The summed E-state index contributed by atoms with van der Waals surface area (Å²) in [5.74, 6) is -0.0231. The highest BCUT2D eigenvalue weighted by atomic mass is 16.3. The molecule has 5 nitrogen and oxygen atoms in total. The van der Waals surface area contributed by atoms with Crippen molar-refractivity contribution in [1.82, 2.24) is 14.7 Å². The Balaban J connectivity index is 1.63. The molecule has 2 aromatic rings. The van der Waals surface area contributed by atoms with Gasteiger partial charge in [0, 0.05) is 19.2 Å². The number of rotatable bonds is 3. The van der Waals surface area contributed by atoms with Crippen LogP contribution < -0.4 is 0 Å². The second kappa shape index (κ2) is 5.20. The maximum atomic E-state index is 13.0. The molecule has 1 aliphatic carbocycles. The molecule has 120 valence electrons. The lowest BCUT2D eigenvalue weighted by Crippen LogP contribution is -2.44. The zero-order valence-electron chi connectivity index (χ0n) is 13.3. The molecule has 1 saturated heterocycles. The molecule has 0 radical (unpaired) electrons. The molecule has 5 heteroatoms. The second-order valence-electron chi connectivity index (χ2n) is 6.66. The molecule has 1 unspecified atom stereocenters. The van der Waals surface area contributed by atoms with Crippen LogP contribution in [0.5, 0.6) is 0 Å². The van der Waals surface area contributed by atoms with Crippen molar-refractivity contribution in [3.05, 3.63) is 42.1 Å². The van der Waals surface area contributed by atoms with E-state index in [1.54, 1.807) is 11.7 Å². The van der Waals surface area contributed by atoms with Crippen LogP contribution in [0.3, 0.4) is 0 Å². The van der Waals surface area contributed by atoms with E-state index in [9.17, 15) is 9.90 Å². The van der Waals surface area contributed by atoms with E-state index in [1.807, 2.05) is 41.3 Å². The molecule has 1 atom stereocenters. The quantitative estimate of drug-likeness (QED) is 0.945. The maximum absolute atomic E-state index is 13.0. The fourth-order valence-electron chi connectivity index (χ4n) is 3.59. The molecule has 1 saturated carbocycles. The summed E-state index contributed by atoms with van der Waals surface area (Å²) in [7, 11) is 1.80. The van der Waals surface area contributed by atoms with Crippen molar-refractivity contribution < 1.29 is 9.90 Å². The molecule has 23 heavy (non-hydrogen) atoms. The molecule has 1 aromatic heterocycles. The van der Waals surface area contributed by atoms with Crippen molar-refractivity contribution in [2.75, 3.05) is 6.54 Å². The van der Waals surface area contributed by atoms with E-state index in [1.165, 1.54) is 0 Å². The monoisotopic (exact) mass is 311 g/mol. The van der Waals surface area contributed by atoms with Gasteiger partial charge in [-0.05, 0) is 31.7 Å². The average molecular weight is 311 g/mol. The lowest BCUT2D eigenvalue weighted by atomic mass is 10.1. The number of hydrogen-bond donors (Lipinski definition) is 1. The largest absolute Gasteiger partial charge is 0.388 e. The van der Waals surface area contributed by atoms with Crippen LogP contribution in [0.25, 0.3) is 11.3 Å². The Kier molecular flexibility index (Phi) is 3.27. The zero-order valence-corrected chi connectivity index (χ0v) is 13.3. The summed E-state index contributed by atoms with van der Waals surface area (Å²) >= 11 is 0. The van der Waals surface area contributed by atoms with Gasteiger partial charge >= 0.3 is 0 Å². The summed E-state index contributed by atoms with van der Waals surface area (Å²) in [6.45, 7) is 0.720. The Labute approximate surface area is 135 Å². The highest BCUT2D eigenvalue weighted by Gasteiger charge is 2.52. The van der Waals surface area contributed by atoms with Crippen LogP contribution in [-0.4, -0.2) is 43.9 Å². The Hall–Kier alpha value is -2.14. The predicted molar refractivity (Wildman–Crippen MR) is 86.9 cm³/mol. The van der Waals surface area contributed by atoms with Crippen LogP contribution in [-0.2, 0) is 7.05 Å². The van der Waals surface area contributed by atoms with Gasteiger partial charge in [-0.25, -0.2) is 0 Å². The molecule has 1 aliphatic heterocycles. The zero-order chi connectivity index (χ0) is 16.0. The first-order valence-electron chi connectivity index (χ1n) is 8.21. The van der Waals surface area contributed by atoms with Gasteiger partial charge in [0.2, 0.25) is 0 Å². The Morgan fingerprint density at radius 1 is 1.30 bits per heavy atom. The molecule has 1 aromatic carbocycles. The van der Waals surface area contributed by atoms with Crippen LogP contribution in [0.1, 0.15) is 36.2 Å². The standard InChI is InChI=1S/C18H21N3O2/c1-20-15(12-14(19-20)13-6-3-2-4-7-13)17(22)21-11-5-8-16(21)18(23)9-10-18/h2-4,6-7,12,16,23H,5,8-11H2,1H3. The number of amides is 1. The second-order valence-corrected chi connectivity index (χ2v) is 6.66. The molecular formula is C18H21N3O2. The molecule has 0 spiro atoms. The van der Waals surface area contributed by atoms with Crippen LogP contribution >= 0.6 is 0 Å². The van der Waals surface area contributed by atoms with E-state index in [-0.39, 0.29) is 11.9 Å². The van der Waals surface area contributed by atoms with Gasteiger partial charge in [0.1, 0.15) is 5.69 Å². The molecule has 1 N–H and O–H groups in total. The summed E-state index contributed by atoms with van der Waals surface area (Å²) in [5.41, 5.74) is 1.74. The van der Waals surface area contributed by atoms with Crippen molar-refractivity contribution in [3.8, 4) is 11.3 Å². The number of carbonyl (C=O) groups is 1. The third-order valence-corrected chi connectivity index (χ3v) is 5.06. The number of hydrogen-bond acceptors (Lipinski definition) is 3. The number of benzene rings is 1. The Morgan fingerprint density at radius 3 is 2.74 bits per heavy atom. The number of nitrogens with zero attached hydrogens (tertiary/aromatic N) is 3. The fraction of sp³-hybridized carbons (Fsp3) is 0.444. The van der Waals surface area contributed by atoms with E-state index < -0.39 is 5.60 Å².